The Morgan fingerprint density at radius 3 is 1.72 bits per heavy atom. The van der Waals surface area contributed by atoms with E-state index in [4.69, 9.17) is 9.47 Å². The predicted octanol–water partition coefficient (Wildman–Crippen LogP) is 12.0. The maximum Gasteiger partial charge on any atom is 0.201 e. The Kier molecular flexibility index (Phi) is 14.1. The first-order valence-corrected chi connectivity index (χ1v) is 16.5. The van der Waals surface area contributed by atoms with Crippen molar-refractivity contribution in [2.24, 2.45) is 5.92 Å². The van der Waals surface area contributed by atoms with Crippen molar-refractivity contribution >= 4 is 0 Å². The molecule has 0 amide bonds. The summed E-state index contributed by atoms with van der Waals surface area (Å²) in [6, 6.07) is 9.48. The molecule has 0 aliphatic heterocycles. The fourth-order valence-electron chi connectivity index (χ4n) is 5.60. The van der Waals surface area contributed by atoms with Crippen LogP contribution in [-0.4, -0.2) is 18.3 Å². The summed E-state index contributed by atoms with van der Waals surface area (Å²) in [4.78, 5) is 0. The minimum absolute atomic E-state index is 0.140. The van der Waals surface area contributed by atoms with Crippen molar-refractivity contribution in [3.8, 4) is 39.5 Å². The third-order valence-electron chi connectivity index (χ3n) is 8.43. The lowest BCUT2D eigenvalue weighted by molar-refractivity contribution is 0.284. The minimum atomic E-state index is -1.69. The molecular formula is C39H38F8O3. The molecule has 0 aliphatic rings. The van der Waals surface area contributed by atoms with E-state index in [0.29, 0.717) is 31.1 Å². The maximum absolute atomic E-state index is 14.6. The van der Waals surface area contributed by atoms with Gasteiger partial charge < -0.3 is 14.6 Å². The van der Waals surface area contributed by atoms with Gasteiger partial charge in [-0.3, -0.25) is 0 Å². The van der Waals surface area contributed by atoms with Crippen molar-refractivity contribution in [1.29, 1.82) is 0 Å². The maximum atomic E-state index is 14.6. The number of hydrogen-bond acceptors (Lipinski definition) is 3. The van der Waals surface area contributed by atoms with Crippen LogP contribution in [0.3, 0.4) is 0 Å². The van der Waals surface area contributed by atoms with Crippen LogP contribution in [0.25, 0.3) is 22.3 Å². The number of unbranched alkanes of at least 4 members (excludes halogenated alkanes) is 6. The van der Waals surface area contributed by atoms with E-state index in [1.54, 1.807) is 0 Å². The highest BCUT2D eigenvalue weighted by atomic mass is 19.2. The van der Waals surface area contributed by atoms with Crippen LogP contribution >= 0.6 is 0 Å². The highest BCUT2D eigenvalue weighted by molar-refractivity contribution is 5.67. The Bertz CT molecular complexity index is 1740. The van der Waals surface area contributed by atoms with Gasteiger partial charge in [-0.05, 0) is 85.7 Å². The van der Waals surface area contributed by atoms with Gasteiger partial charge in [-0.2, -0.15) is 8.78 Å². The number of ether oxygens (including phenoxy) is 2. The summed E-state index contributed by atoms with van der Waals surface area (Å²) in [5, 5.41) is 9.28. The Morgan fingerprint density at radius 1 is 0.540 bits per heavy atom. The lowest BCUT2D eigenvalue weighted by atomic mass is 9.94. The van der Waals surface area contributed by atoms with E-state index >= 15 is 0 Å². The zero-order chi connectivity index (χ0) is 36.2. The molecule has 1 N–H and O–H groups in total. The van der Waals surface area contributed by atoms with Gasteiger partial charge in [-0.15, -0.1) is 6.58 Å². The van der Waals surface area contributed by atoms with Crippen molar-refractivity contribution in [2.45, 2.75) is 64.2 Å². The van der Waals surface area contributed by atoms with Gasteiger partial charge in [0.05, 0.1) is 13.2 Å². The predicted molar refractivity (Wildman–Crippen MR) is 176 cm³/mol. The molecule has 0 fully saturated rings. The van der Waals surface area contributed by atoms with E-state index in [1.165, 1.54) is 18.2 Å². The van der Waals surface area contributed by atoms with E-state index in [2.05, 4.69) is 6.58 Å². The van der Waals surface area contributed by atoms with Gasteiger partial charge in [-0.1, -0.05) is 44.6 Å². The van der Waals surface area contributed by atoms with Gasteiger partial charge in [-0.25, -0.2) is 26.3 Å². The number of phenolic OH excluding ortho intramolecular Hbond substituents is 1. The number of benzene rings is 4. The smallest absolute Gasteiger partial charge is 0.201 e. The Hall–Kier alpha value is -4.54. The lowest BCUT2D eigenvalue weighted by Crippen LogP contribution is -2.02. The zero-order valence-electron chi connectivity index (χ0n) is 27.3. The minimum Gasteiger partial charge on any atom is -0.505 e. The van der Waals surface area contributed by atoms with Crippen LogP contribution in [0.5, 0.6) is 17.2 Å². The van der Waals surface area contributed by atoms with E-state index < -0.39 is 57.9 Å². The molecule has 3 nitrogen and oxygen atoms in total. The van der Waals surface area contributed by atoms with Crippen LogP contribution in [0.1, 0.15) is 64.2 Å². The molecule has 268 valence electrons. The molecule has 4 rings (SSSR count). The zero-order valence-corrected chi connectivity index (χ0v) is 27.3. The quantitative estimate of drug-likeness (QED) is 0.0457. The Morgan fingerprint density at radius 2 is 1.10 bits per heavy atom. The molecule has 4 aromatic carbocycles. The average molecular weight is 707 g/mol. The van der Waals surface area contributed by atoms with Crippen molar-refractivity contribution < 1.29 is 49.7 Å². The number of phenols is 1. The normalized spacial score (nSPS) is 11.8. The van der Waals surface area contributed by atoms with Gasteiger partial charge in [0.2, 0.25) is 11.6 Å². The van der Waals surface area contributed by atoms with Crippen LogP contribution < -0.4 is 9.47 Å². The first-order valence-electron chi connectivity index (χ1n) is 16.5. The van der Waals surface area contributed by atoms with Gasteiger partial charge in [0.15, 0.2) is 40.6 Å². The van der Waals surface area contributed by atoms with Gasteiger partial charge >= 0.3 is 0 Å². The molecule has 0 bridgehead atoms. The number of hydrogen-bond donors (Lipinski definition) is 1. The molecule has 0 aromatic heterocycles. The fourth-order valence-corrected chi connectivity index (χ4v) is 5.60. The summed E-state index contributed by atoms with van der Waals surface area (Å²) in [5.41, 5.74) is -1.18. The molecule has 0 radical (unpaired) electrons. The summed E-state index contributed by atoms with van der Waals surface area (Å²) >= 11 is 0. The van der Waals surface area contributed by atoms with E-state index in [9.17, 15) is 40.2 Å². The van der Waals surface area contributed by atoms with Crippen molar-refractivity contribution in [2.75, 3.05) is 13.2 Å². The van der Waals surface area contributed by atoms with Gasteiger partial charge in [0.25, 0.3) is 0 Å². The van der Waals surface area contributed by atoms with Gasteiger partial charge in [0, 0.05) is 22.8 Å². The van der Waals surface area contributed by atoms with Crippen LogP contribution in [0.2, 0.25) is 0 Å². The first kappa shape index (κ1) is 38.3. The summed E-state index contributed by atoms with van der Waals surface area (Å²) in [6.07, 6.45) is 10.9. The van der Waals surface area contributed by atoms with Crippen molar-refractivity contribution in [3.05, 3.63) is 114 Å². The molecule has 1 atom stereocenters. The molecule has 50 heavy (non-hydrogen) atoms. The first-order chi connectivity index (χ1) is 24.0. The second-order valence-electron chi connectivity index (χ2n) is 12.0. The molecule has 1 unspecified atom stereocenters. The highest BCUT2D eigenvalue weighted by Gasteiger charge is 2.20. The monoisotopic (exact) mass is 706 g/mol. The average Bonchev–Trinajstić information content (AvgIpc) is 3.09. The lowest BCUT2D eigenvalue weighted by Gasteiger charge is -2.13. The third-order valence-corrected chi connectivity index (χ3v) is 8.43. The summed E-state index contributed by atoms with van der Waals surface area (Å²) in [6.45, 7) is 4.48. The van der Waals surface area contributed by atoms with E-state index in [1.807, 2.05) is 6.08 Å². The number of rotatable bonds is 19. The molecule has 0 saturated carbocycles. The number of halogens is 8. The van der Waals surface area contributed by atoms with Crippen molar-refractivity contribution in [1.82, 2.24) is 0 Å². The standard InChI is InChI=1S/C39H38F8O3/c1-2-24(11-7-3-5-9-19-49-26-13-14-28(30(40)23-26)29-15-17-33(48)38(46)36(29)44)12-8-4-6-10-20-50-34-18-16-27(35(43)39(34)47)25-21-31(41)37(45)32(42)22-25/h2,13-18,21-24,48H,1,3-12,19-20H2. The number of allylic oxidation sites excluding steroid dienone is 1. The molecule has 11 heteroatoms. The van der Waals surface area contributed by atoms with Crippen molar-refractivity contribution in [3.63, 3.8) is 0 Å². The van der Waals surface area contributed by atoms with E-state index in [0.717, 1.165) is 82.1 Å². The largest absolute Gasteiger partial charge is 0.505 e. The second kappa shape index (κ2) is 18.5. The van der Waals surface area contributed by atoms with Crippen LogP contribution in [0.4, 0.5) is 35.1 Å². The molecule has 0 spiro atoms. The summed E-state index contributed by atoms with van der Waals surface area (Å²) < 4.78 is 123. The summed E-state index contributed by atoms with van der Waals surface area (Å²) in [7, 11) is 0. The molecular weight excluding hydrogens is 668 g/mol. The topological polar surface area (TPSA) is 38.7 Å². The second-order valence-corrected chi connectivity index (χ2v) is 12.0. The molecule has 0 heterocycles. The highest BCUT2D eigenvalue weighted by Crippen LogP contribution is 2.33. The fraction of sp³-hybridized carbons (Fsp3) is 0.333. The van der Waals surface area contributed by atoms with Crippen LogP contribution in [-0.2, 0) is 0 Å². The summed E-state index contributed by atoms with van der Waals surface area (Å²) in [5.74, 6) is -11.4. The van der Waals surface area contributed by atoms with Crippen LogP contribution in [0, 0.1) is 52.5 Å². The van der Waals surface area contributed by atoms with Gasteiger partial charge in [0.1, 0.15) is 11.6 Å². The third kappa shape index (κ3) is 10.0. The van der Waals surface area contributed by atoms with E-state index in [-0.39, 0.29) is 34.8 Å². The molecule has 0 saturated heterocycles. The molecule has 4 aromatic rings. The Labute approximate surface area is 286 Å². The molecule has 0 aliphatic carbocycles. The number of aromatic hydroxyl groups is 1. The Balaban J connectivity index is 1.06. The SMILES string of the molecule is C=CC(CCCCCCOc1ccc(-c2ccc(O)c(F)c2F)c(F)c1)CCCCCCOc1ccc(-c2cc(F)c(F)c(F)c2)c(F)c1F. The van der Waals surface area contributed by atoms with Crippen LogP contribution in [0.15, 0.2) is 67.3 Å².